The Morgan fingerprint density at radius 2 is 2.20 bits per heavy atom. The molecule has 1 rings (SSSR count). The van der Waals surface area contributed by atoms with Gasteiger partial charge in [0.15, 0.2) is 6.29 Å². The van der Waals surface area contributed by atoms with E-state index < -0.39 is 0 Å². The van der Waals surface area contributed by atoms with Gasteiger partial charge in [-0.15, -0.1) is 0 Å². The molecule has 15 heavy (non-hydrogen) atoms. The van der Waals surface area contributed by atoms with Crippen LogP contribution >= 0.6 is 0 Å². The molecular formula is C12H18N2O. The van der Waals surface area contributed by atoms with E-state index in [1.807, 2.05) is 43.9 Å². The van der Waals surface area contributed by atoms with Crippen LogP contribution in [-0.4, -0.2) is 29.3 Å². The molecule has 0 radical (unpaired) electrons. The summed E-state index contributed by atoms with van der Waals surface area (Å²) in [6, 6.07) is 1.90. The van der Waals surface area contributed by atoms with Crippen LogP contribution in [-0.2, 0) is 7.05 Å². The lowest BCUT2D eigenvalue weighted by molar-refractivity contribution is 0.112. The van der Waals surface area contributed by atoms with E-state index in [2.05, 4.69) is 11.8 Å². The first-order valence-corrected chi connectivity index (χ1v) is 5.10. The molecule has 0 bridgehead atoms. The Morgan fingerprint density at radius 1 is 1.53 bits per heavy atom. The third-order valence-corrected chi connectivity index (χ3v) is 2.66. The first-order valence-electron chi connectivity index (χ1n) is 5.10. The Balaban J connectivity index is 3.02. The molecule has 82 valence electrons. The third-order valence-electron chi connectivity index (χ3n) is 2.66. The van der Waals surface area contributed by atoms with Crippen molar-refractivity contribution in [3.8, 4) is 0 Å². The maximum Gasteiger partial charge on any atom is 0.152 e. The molecule has 0 spiro atoms. The van der Waals surface area contributed by atoms with Gasteiger partial charge < -0.3 is 9.47 Å². The van der Waals surface area contributed by atoms with Gasteiger partial charge in [-0.2, -0.15) is 0 Å². The van der Waals surface area contributed by atoms with Crippen LogP contribution in [0, 0.1) is 6.92 Å². The predicted octanol–water partition coefficient (Wildman–Crippen LogP) is 2.07. The molecule has 0 aromatic carbocycles. The number of aromatic nitrogens is 1. The van der Waals surface area contributed by atoms with Gasteiger partial charge in [0, 0.05) is 38.1 Å². The van der Waals surface area contributed by atoms with E-state index >= 15 is 0 Å². The van der Waals surface area contributed by atoms with Crippen LogP contribution in [0.1, 0.15) is 28.7 Å². The van der Waals surface area contributed by atoms with Gasteiger partial charge in [0.25, 0.3) is 0 Å². The van der Waals surface area contributed by atoms with Crippen molar-refractivity contribution in [2.75, 3.05) is 13.6 Å². The van der Waals surface area contributed by atoms with Gasteiger partial charge in [-0.25, -0.2) is 0 Å². The molecule has 3 nitrogen and oxygen atoms in total. The summed E-state index contributed by atoms with van der Waals surface area (Å²) in [5.74, 6) is 0. The first kappa shape index (κ1) is 11.6. The van der Waals surface area contributed by atoms with Crippen LogP contribution in [0.5, 0.6) is 0 Å². The van der Waals surface area contributed by atoms with Crippen molar-refractivity contribution < 1.29 is 4.79 Å². The van der Waals surface area contributed by atoms with Crippen LogP contribution < -0.4 is 0 Å². The second kappa shape index (κ2) is 4.82. The molecule has 0 amide bonds. The molecule has 1 heterocycles. The highest BCUT2D eigenvalue weighted by Crippen LogP contribution is 2.14. The molecule has 0 N–H and O–H groups in total. The molecule has 0 aliphatic rings. The molecule has 0 atom stereocenters. The summed E-state index contributed by atoms with van der Waals surface area (Å²) in [4.78, 5) is 12.9. The van der Waals surface area contributed by atoms with Crippen LogP contribution in [0.3, 0.4) is 0 Å². The zero-order valence-corrected chi connectivity index (χ0v) is 9.82. The van der Waals surface area contributed by atoms with Gasteiger partial charge in [-0.1, -0.05) is 0 Å². The van der Waals surface area contributed by atoms with Gasteiger partial charge in [0.05, 0.1) is 5.69 Å². The van der Waals surface area contributed by atoms with E-state index in [4.69, 9.17) is 0 Å². The highest BCUT2D eigenvalue weighted by molar-refractivity contribution is 5.81. The Labute approximate surface area is 91.0 Å². The SMILES string of the molecule is CCN(C)/C=C\c1c(C=O)cc(C)n1C. The largest absolute Gasteiger partial charge is 0.381 e. The Kier molecular flexibility index (Phi) is 3.72. The fourth-order valence-electron chi connectivity index (χ4n) is 1.39. The van der Waals surface area contributed by atoms with Gasteiger partial charge in [-0.3, -0.25) is 4.79 Å². The van der Waals surface area contributed by atoms with E-state index in [0.717, 1.165) is 29.8 Å². The molecule has 0 aliphatic carbocycles. The van der Waals surface area contributed by atoms with Gasteiger partial charge >= 0.3 is 0 Å². The number of carbonyl (C=O) groups is 1. The van der Waals surface area contributed by atoms with Crippen molar-refractivity contribution in [3.63, 3.8) is 0 Å². The lowest BCUT2D eigenvalue weighted by Gasteiger charge is -2.09. The second-order valence-electron chi connectivity index (χ2n) is 3.69. The first-order chi connectivity index (χ1) is 7.10. The Bertz CT molecular complexity index is 377. The molecule has 0 fully saturated rings. The lowest BCUT2D eigenvalue weighted by Crippen LogP contribution is -2.08. The summed E-state index contributed by atoms with van der Waals surface area (Å²) in [6.07, 6.45) is 4.86. The summed E-state index contributed by atoms with van der Waals surface area (Å²) in [7, 11) is 3.97. The van der Waals surface area contributed by atoms with Crippen molar-refractivity contribution in [1.82, 2.24) is 9.47 Å². The van der Waals surface area contributed by atoms with E-state index in [-0.39, 0.29) is 0 Å². The van der Waals surface area contributed by atoms with E-state index in [0.29, 0.717) is 0 Å². The van der Waals surface area contributed by atoms with E-state index in [1.54, 1.807) is 0 Å². The van der Waals surface area contributed by atoms with Crippen LogP contribution in [0.4, 0.5) is 0 Å². The summed E-state index contributed by atoms with van der Waals surface area (Å²) in [5.41, 5.74) is 2.80. The highest BCUT2D eigenvalue weighted by atomic mass is 16.1. The minimum absolute atomic E-state index is 0.746. The quantitative estimate of drug-likeness (QED) is 0.705. The summed E-state index contributed by atoms with van der Waals surface area (Å²) in [5, 5.41) is 0. The average molecular weight is 206 g/mol. The molecule has 1 aromatic heterocycles. The highest BCUT2D eigenvalue weighted by Gasteiger charge is 2.06. The maximum absolute atomic E-state index is 10.8. The monoisotopic (exact) mass is 206 g/mol. The number of hydrogen-bond acceptors (Lipinski definition) is 2. The maximum atomic E-state index is 10.8. The summed E-state index contributed by atoms with van der Waals surface area (Å²) in [6.45, 7) is 5.03. The minimum Gasteiger partial charge on any atom is -0.381 e. The van der Waals surface area contributed by atoms with Gasteiger partial charge in [0.1, 0.15) is 0 Å². The second-order valence-corrected chi connectivity index (χ2v) is 3.69. The van der Waals surface area contributed by atoms with E-state index in [9.17, 15) is 4.79 Å². The van der Waals surface area contributed by atoms with Crippen LogP contribution in [0.2, 0.25) is 0 Å². The zero-order chi connectivity index (χ0) is 11.4. The van der Waals surface area contributed by atoms with Gasteiger partial charge in [0.2, 0.25) is 0 Å². The molecule has 0 saturated heterocycles. The standard InChI is InChI=1S/C12H18N2O/c1-5-13(3)7-6-12-11(9-15)8-10(2)14(12)4/h6-9H,5H2,1-4H3/b7-6-. The van der Waals surface area contributed by atoms with Crippen molar-refractivity contribution in [2.24, 2.45) is 7.05 Å². The molecule has 0 aliphatic heterocycles. The summed E-state index contributed by atoms with van der Waals surface area (Å²) >= 11 is 0. The Hall–Kier alpha value is -1.51. The zero-order valence-electron chi connectivity index (χ0n) is 9.82. The molecule has 3 heteroatoms. The number of hydrogen-bond donors (Lipinski definition) is 0. The number of carbonyl (C=O) groups excluding carboxylic acids is 1. The Morgan fingerprint density at radius 3 is 2.73 bits per heavy atom. The lowest BCUT2D eigenvalue weighted by atomic mass is 10.2. The normalized spacial score (nSPS) is 10.9. The number of nitrogens with zero attached hydrogens (tertiary/aromatic N) is 2. The van der Waals surface area contributed by atoms with Crippen molar-refractivity contribution in [2.45, 2.75) is 13.8 Å². The fourth-order valence-corrected chi connectivity index (χ4v) is 1.39. The van der Waals surface area contributed by atoms with Crippen LogP contribution in [0.15, 0.2) is 12.3 Å². The third kappa shape index (κ3) is 2.49. The smallest absolute Gasteiger partial charge is 0.152 e. The number of rotatable bonds is 4. The molecule has 0 unspecified atom stereocenters. The number of aldehydes is 1. The van der Waals surface area contributed by atoms with Crippen molar-refractivity contribution in [3.05, 3.63) is 29.2 Å². The number of aryl methyl sites for hydroxylation is 1. The van der Waals surface area contributed by atoms with Crippen LogP contribution in [0.25, 0.3) is 6.08 Å². The summed E-state index contributed by atoms with van der Waals surface area (Å²) < 4.78 is 2.02. The molecular weight excluding hydrogens is 188 g/mol. The molecule has 1 aromatic rings. The molecule has 0 saturated carbocycles. The van der Waals surface area contributed by atoms with Crippen molar-refractivity contribution >= 4 is 12.4 Å². The fraction of sp³-hybridized carbons (Fsp3) is 0.417. The van der Waals surface area contributed by atoms with Gasteiger partial charge in [-0.05, 0) is 26.0 Å². The van der Waals surface area contributed by atoms with Crippen molar-refractivity contribution in [1.29, 1.82) is 0 Å². The minimum atomic E-state index is 0.746. The topological polar surface area (TPSA) is 25.2 Å². The average Bonchev–Trinajstić information content (AvgIpc) is 2.52. The predicted molar refractivity (Wildman–Crippen MR) is 62.9 cm³/mol. The van der Waals surface area contributed by atoms with E-state index in [1.165, 1.54) is 0 Å².